The van der Waals surface area contributed by atoms with Gasteiger partial charge in [-0.05, 0) is 67.4 Å². The topological polar surface area (TPSA) is 80.4 Å². The Hall–Kier alpha value is -4.24. The van der Waals surface area contributed by atoms with Crippen LogP contribution in [0.25, 0.3) is 22.4 Å². The smallest absolute Gasteiger partial charge is 0.494 e. The van der Waals surface area contributed by atoms with Crippen molar-refractivity contribution in [2.45, 2.75) is 45.9 Å². The average molecular weight is 599 g/mol. The van der Waals surface area contributed by atoms with Crippen LogP contribution in [0.2, 0.25) is 5.02 Å². The van der Waals surface area contributed by atoms with E-state index in [-0.39, 0.29) is 11.3 Å². The maximum Gasteiger partial charge on any atom is 0.573 e. The van der Waals surface area contributed by atoms with Crippen molar-refractivity contribution in [2.75, 3.05) is 11.9 Å². The van der Waals surface area contributed by atoms with Crippen LogP contribution in [0.3, 0.4) is 0 Å². The first-order chi connectivity index (χ1) is 20.0. The number of nitrogens with one attached hydrogen (secondary N) is 2. The molecule has 3 aromatic carbocycles. The third-order valence-corrected chi connectivity index (χ3v) is 6.78. The molecule has 0 saturated carbocycles. The van der Waals surface area contributed by atoms with Gasteiger partial charge < -0.3 is 19.8 Å². The number of alkyl halides is 3. The second-order valence-electron chi connectivity index (χ2n) is 9.74. The molecule has 0 aliphatic carbocycles. The Kier molecular flexibility index (Phi) is 9.96. The SMILES string of the molecule is CCCCCCOc1ccc(-c2cc(-c3ccc(C)cc3)c(C(=O)Nc3ccc(OC(F)(F)F)cc3)c(=O)[nH]2)c(Cl)c1. The molecule has 0 aliphatic rings. The van der Waals surface area contributed by atoms with E-state index in [4.69, 9.17) is 16.3 Å². The molecule has 1 heterocycles. The third-order valence-electron chi connectivity index (χ3n) is 6.47. The number of aromatic amines is 1. The number of aromatic nitrogens is 1. The molecule has 0 bridgehead atoms. The Balaban J connectivity index is 1.65. The number of amides is 1. The molecular weight excluding hydrogens is 569 g/mol. The highest BCUT2D eigenvalue weighted by atomic mass is 35.5. The molecule has 0 spiro atoms. The standard InChI is InChI=1S/C32H30ClF3N2O4/c1-3-4-5-6-17-41-24-15-16-25(27(33)18-24)28-19-26(21-9-7-20(2)8-10-21)29(31(40)38-28)30(39)37-22-11-13-23(14-12-22)42-32(34,35)36/h7-16,18-19H,3-6,17H2,1-2H3,(H,37,39)(H,38,40). The van der Waals surface area contributed by atoms with Gasteiger partial charge in [0.05, 0.1) is 17.3 Å². The highest BCUT2D eigenvalue weighted by Gasteiger charge is 2.31. The fraction of sp³-hybridized carbons (Fsp3) is 0.250. The molecule has 0 fully saturated rings. The van der Waals surface area contributed by atoms with E-state index in [0.717, 1.165) is 43.4 Å². The Morgan fingerprint density at radius 3 is 2.24 bits per heavy atom. The van der Waals surface area contributed by atoms with E-state index in [1.807, 2.05) is 19.1 Å². The molecular formula is C32H30ClF3N2O4. The number of rotatable bonds is 11. The van der Waals surface area contributed by atoms with Crippen LogP contribution in [-0.4, -0.2) is 23.9 Å². The first-order valence-corrected chi connectivity index (χ1v) is 13.9. The molecule has 0 atom stereocenters. The van der Waals surface area contributed by atoms with Crippen LogP contribution >= 0.6 is 11.6 Å². The lowest BCUT2D eigenvalue weighted by Gasteiger charge is -2.14. The molecule has 10 heteroatoms. The predicted molar refractivity (Wildman–Crippen MR) is 158 cm³/mol. The van der Waals surface area contributed by atoms with Gasteiger partial charge in [0.15, 0.2) is 0 Å². The number of aryl methyl sites for hydroxylation is 1. The third kappa shape index (κ3) is 8.16. The van der Waals surface area contributed by atoms with Crippen molar-refractivity contribution in [1.29, 1.82) is 0 Å². The van der Waals surface area contributed by atoms with Crippen LogP contribution in [0, 0.1) is 6.92 Å². The van der Waals surface area contributed by atoms with Gasteiger partial charge in [-0.25, -0.2) is 0 Å². The number of benzene rings is 3. The molecule has 1 aromatic heterocycles. The van der Waals surface area contributed by atoms with Gasteiger partial charge in [-0.3, -0.25) is 9.59 Å². The van der Waals surface area contributed by atoms with E-state index in [1.165, 1.54) is 12.1 Å². The second-order valence-corrected chi connectivity index (χ2v) is 10.2. The fourth-order valence-corrected chi connectivity index (χ4v) is 4.62. The average Bonchev–Trinajstić information content (AvgIpc) is 2.93. The lowest BCUT2D eigenvalue weighted by Crippen LogP contribution is -2.25. The summed E-state index contributed by atoms with van der Waals surface area (Å²) in [5.41, 5.74) is 2.27. The minimum atomic E-state index is -4.84. The summed E-state index contributed by atoms with van der Waals surface area (Å²) < 4.78 is 47.2. The summed E-state index contributed by atoms with van der Waals surface area (Å²) in [5, 5.41) is 2.95. The number of hydrogen-bond acceptors (Lipinski definition) is 4. The molecule has 0 aliphatic heterocycles. The van der Waals surface area contributed by atoms with Gasteiger partial charge in [0.1, 0.15) is 17.1 Å². The number of hydrogen-bond donors (Lipinski definition) is 2. The van der Waals surface area contributed by atoms with Gasteiger partial charge in [-0.1, -0.05) is 67.6 Å². The Morgan fingerprint density at radius 2 is 1.60 bits per heavy atom. The highest BCUT2D eigenvalue weighted by Crippen LogP contribution is 2.33. The lowest BCUT2D eigenvalue weighted by atomic mass is 9.97. The number of carbonyl (C=O) groups excluding carboxylic acids is 1. The number of anilines is 1. The summed E-state index contributed by atoms with van der Waals surface area (Å²) in [5.74, 6) is -0.558. The van der Waals surface area contributed by atoms with E-state index >= 15 is 0 Å². The summed E-state index contributed by atoms with van der Waals surface area (Å²) in [6, 6.07) is 18.8. The minimum absolute atomic E-state index is 0.165. The van der Waals surface area contributed by atoms with Crippen molar-refractivity contribution in [3.63, 3.8) is 0 Å². The van der Waals surface area contributed by atoms with Crippen molar-refractivity contribution in [3.8, 4) is 33.9 Å². The monoisotopic (exact) mass is 598 g/mol. The zero-order valence-corrected chi connectivity index (χ0v) is 23.9. The normalized spacial score (nSPS) is 11.3. The van der Waals surface area contributed by atoms with Crippen molar-refractivity contribution >= 4 is 23.2 Å². The highest BCUT2D eigenvalue weighted by molar-refractivity contribution is 6.33. The Bertz CT molecular complexity index is 1580. The fourth-order valence-electron chi connectivity index (χ4n) is 4.35. The molecule has 6 nitrogen and oxygen atoms in total. The molecule has 4 aromatic rings. The van der Waals surface area contributed by atoms with Gasteiger partial charge >= 0.3 is 6.36 Å². The van der Waals surface area contributed by atoms with Gasteiger partial charge in [0, 0.05) is 16.8 Å². The summed E-state index contributed by atoms with van der Waals surface area (Å²) in [6.07, 6.45) is -0.527. The van der Waals surface area contributed by atoms with Crippen molar-refractivity contribution in [2.24, 2.45) is 0 Å². The minimum Gasteiger partial charge on any atom is -0.494 e. The Morgan fingerprint density at radius 1 is 0.905 bits per heavy atom. The van der Waals surface area contributed by atoms with E-state index in [9.17, 15) is 22.8 Å². The molecule has 220 valence electrons. The van der Waals surface area contributed by atoms with Crippen molar-refractivity contribution in [1.82, 2.24) is 4.98 Å². The first-order valence-electron chi connectivity index (χ1n) is 13.5. The van der Waals surface area contributed by atoms with Crippen LogP contribution in [0.15, 0.2) is 77.6 Å². The maximum atomic E-state index is 13.4. The second kappa shape index (κ2) is 13.6. The summed E-state index contributed by atoms with van der Waals surface area (Å²) in [4.78, 5) is 29.5. The van der Waals surface area contributed by atoms with Crippen molar-refractivity contribution < 1.29 is 27.4 Å². The molecule has 0 unspecified atom stereocenters. The zero-order valence-electron chi connectivity index (χ0n) is 23.1. The summed E-state index contributed by atoms with van der Waals surface area (Å²) in [6.45, 7) is 4.64. The quantitative estimate of drug-likeness (QED) is 0.169. The van der Waals surface area contributed by atoms with E-state index in [2.05, 4.69) is 22.0 Å². The predicted octanol–water partition coefficient (Wildman–Crippen LogP) is 8.78. The van der Waals surface area contributed by atoms with Gasteiger partial charge in [-0.15, -0.1) is 13.2 Å². The number of H-pyrrole nitrogens is 1. The number of carbonyl (C=O) groups is 1. The van der Waals surface area contributed by atoms with E-state index < -0.39 is 23.6 Å². The maximum absolute atomic E-state index is 13.4. The summed E-state index contributed by atoms with van der Waals surface area (Å²) in [7, 11) is 0. The van der Waals surface area contributed by atoms with E-state index in [0.29, 0.717) is 39.8 Å². The largest absolute Gasteiger partial charge is 0.573 e. The number of unbranched alkanes of at least 4 members (excludes halogenated alkanes) is 3. The first kappa shape index (κ1) is 30.7. The number of pyridine rings is 1. The molecule has 0 saturated heterocycles. The van der Waals surface area contributed by atoms with Crippen LogP contribution < -0.4 is 20.3 Å². The molecule has 4 rings (SSSR count). The van der Waals surface area contributed by atoms with Crippen LogP contribution in [-0.2, 0) is 0 Å². The van der Waals surface area contributed by atoms with Crippen LogP contribution in [0.1, 0.15) is 48.5 Å². The van der Waals surface area contributed by atoms with Crippen LogP contribution in [0.5, 0.6) is 11.5 Å². The molecule has 1 amide bonds. The molecule has 2 N–H and O–H groups in total. The lowest BCUT2D eigenvalue weighted by molar-refractivity contribution is -0.274. The van der Waals surface area contributed by atoms with Gasteiger partial charge in [0.2, 0.25) is 0 Å². The van der Waals surface area contributed by atoms with Crippen LogP contribution in [0.4, 0.5) is 18.9 Å². The number of halogens is 4. The van der Waals surface area contributed by atoms with Crippen molar-refractivity contribution in [3.05, 3.63) is 99.3 Å². The van der Waals surface area contributed by atoms with Gasteiger partial charge in [0.25, 0.3) is 11.5 Å². The van der Waals surface area contributed by atoms with Gasteiger partial charge in [-0.2, -0.15) is 0 Å². The van der Waals surface area contributed by atoms with E-state index in [1.54, 1.807) is 36.4 Å². The number of ether oxygens (including phenoxy) is 2. The molecule has 0 radical (unpaired) electrons. The Labute approximate surface area is 246 Å². The molecule has 42 heavy (non-hydrogen) atoms. The summed E-state index contributed by atoms with van der Waals surface area (Å²) >= 11 is 6.60. The zero-order chi connectivity index (χ0) is 30.3.